The quantitative estimate of drug-likeness (QED) is 0.920. The molecule has 0 spiro atoms. The lowest BCUT2D eigenvalue weighted by Gasteiger charge is -2.17. The van der Waals surface area contributed by atoms with Gasteiger partial charge in [0.15, 0.2) is 5.60 Å². The molecular formula is C14H13ClN2O3. The van der Waals surface area contributed by atoms with Crippen LogP contribution in [0.1, 0.15) is 12.1 Å². The van der Waals surface area contributed by atoms with Crippen LogP contribution in [0.2, 0.25) is 5.02 Å². The van der Waals surface area contributed by atoms with Crippen molar-refractivity contribution in [2.24, 2.45) is 0 Å². The number of hydrogen-bond donors (Lipinski definition) is 1. The van der Waals surface area contributed by atoms with Gasteiger partial charge in [0.25, 0.3) is 5.91 Å². The molecule has 1 atom stereocenters. The molecule has 0 saturated carbocycles. The Bertz CT molecular complexity index is 670. The lowest BCUT2D eigenvalue weighted by Crippen LogP contribution is -2.36. The smallest absolute Gasteiger partial charge is 0.260 e. The fourth-order valence-corrected chi connectivity index (χ4v) is 2.50. The summed E-state index contributed by atoms with van der Waals surface area (Å²) in [6.45, 7) is 0.495. The molecule has 1 aliphatic heterocycles. The van der Waals surface area contributed by atoms with E-state index < -0.39 is 5.60 Å². The number of benzene rings is 1. The van der Waals surface area contributed by atoms with E-state index in [0.717, 1.165) is 0 Å². The lowest BCUT2D eigenvalue weighted by atomic mass is 9.99. The van der Waals surface area contributed by atoms with E-state index in [1.54, 1.807) is 31.3 Å². The van der Waals surface area contributed by atoms with E-state index in [0.29, 0.717) is 29.4 Å². The molecule has 1 unspecified atom stereocenters. The first-order valence-electron chi connectivity index (χ1n) is 6.20. The summed E-state index contributed by atoms with van der Waals surface area (Å²) in [4.78, 5) is 17.7. The van der Waals surface area contributed by atoms with E-state index in [-0.39, 0.29) is 11.6 Å². The predicted molar refractivity (Wildman–Crippen MR) is 73.1 cm³/mol. The molecule has 1 N–H and O–H groups in total. The number of nitrogens with zero attached hydrogens (tertiary/aromatic N) is 2. The molecule has 1 aliphatic rings. The van der Waals surface area contributed by atoms with Crippen LogP contribution >= 0.6 is 11.6 Å². The van der Waals surface area contributed by atoms with E-state index in [1.807, 2.05) is 0 Å². The van der Waals surface area contributed by atoms with Crippen molar-refractivity contribution in [1.82, 2.24) is 9.88 Å². The van der Waals surface area contributed by atoms with Crippen LogP contribution in [0.25, 0.3) is 11.5 Å². The second-order valence-corrected chi connectivity index (χ2v) is 5.32. The van der Waals surface area contributed by atoms with Crippen molar-refractivity contribution in [2.45, 2.75) is 12.0 Å². The average Bonchev–Trinajstić information content (AvgIpc) is 3.02. The zero-order chi connectivity index (χ0) is 14.3. The van der Waals surface area contributed by atoms with Gasteiger partial charge in [0.1, 0.15) is 12.0 Å². The maximum absolute atomic E-state index is 12.0. The number of carbonyl (C=O) groups excluding carboxylic acids is 1. The summed E-state index contributed by atoms with van der Waals surface area (Å²) < 4.78 is 5.37. The van der Waals surface area contributed by atoms with Crippen molar-refractivity contribution < 1.29 is 14.3 Å². The molecule has 20 heavy (non-hydrogen) atoms. The Hall–Kier alpha value is -1.85. The minimum Gasteiger partial charge on any atom is -0.444 e. The summed E-state index contributed by atoms with van der Waals surface area (Å²) in [5.74, 6) is -0.0262. The van der Waals surface area contributed by atoms with Crippen LogP contribution in [0, 0.1) is 0 Å². The maximum atomic E-state index is 12.0. The zero-order valence-electron chi connectivity index (χ0n) is 10.8. The van der Waals surface area contributed by atoms with E-state index in [2.05, 4.69) is 4.98 Å². The van der Waals surface area contributed by atoms with Crippen molar-refractivity contribution in [1.29, 1.82) is 0 Å². The summed E-state index contributed by atoms with van der Waals surface area (Å²) in [6.07, 6.45) is 1.64. The first-order chi connectivity index (χ1) is 9.50. The van der Waals surface area contributed by atoms with Gasteiger partial charge in [0.2, 0.25) is 5.89 Å². The summed E-state index contributed by atoms with van der Waals surface area (Å²) in [7, 11) is 1.65. The Labute approximate surface area is 120 Å². The van der Waals surface area contributed by atoms with Gasteiger partial charge in [0.05, 0.1) is 0 Å². The molecular weight excluding hydrogens is 280 g/mol. The molecule has 104 valence electrons. The van der Waals surface area contributed by atoms with Crippen LogP contribution in [-0.2, 0) is 10.4 Å². The number of likely N-dealkylation sites (tertiary alicyclic amines) is 1. The van der Waals surface area contributed by atoms with Gasteiger partial charge in [-0.15, -0.1) is 0 Å². The van der Waals surface area contributed by atoms with Crippen molar-refractivity contribution in [3.8, 4) is 11.5 Å². The highest BCUT2D eigenvalue weighted by atomic mass is 35.5. The normalized spacial score (nSPS) is 22.6. The molecule has 2 heterocycles. The third-order valence-corrected chi connectivity index (χ3v) is 3.74. The molecule has 1 aromatic carbocycles. The number of aromatic nitrogens is 1. The first-order valence-corrected chi connectivity index (χ1v) is 6.58. The second-order valence-electron chi connectivity index (χ2n) is 4.89. The molecule has 5 nitrogen and oxygen atoms in total. The summed E-state index contributed by atoms with van der Waals surface area (Å²) in [5.41, 5.74) is -0.650. The predicted octanol–water partition coefficient (Wildman–Crippen LogP) is 2.04. The monoisotopic (exact) mass is 292 g/mol. The van der Waals surface area contributed by atoms with Crippen molar-refractivity contribution in [2.75, 3.05) is 13.6 Å². The molecule has 1 aromatic heterocycles. The van der Waals surface area contributed by atoms with E-state index in [1.165, 1.54) is 11.2 Å². The number of oxazole rings is 1. The Morgan fingerprint density at radius 2 is 2.30 bits per heavy atom. The fourth-order valence-electron chi connectivity index (χ4n) is 2.31. The SMILES string of the molecule is CN1CCC(O)(c2coc(-c3cccc(Cl)c3)n2)C1=O. The molecule has 2 aromatic rings. The highest BCUT2D eigenvalue weighted by Gasteiger charge is 2.47. The fraction of sp³-hybridized carbons (Fsp3) is 0.286. The molecule has 3 rings (SSSR count). The van der Waals surface area contributed by atoms with Crippen molar-refractivity contribution in [3.63, 3.8) is 0 Å². The van der Waals surface area contributed by atoms with Gasteiger partial charge in [-0.2, -0.15) is 0 Å². The first kappa shape index (κ1) is 13.1. The Balaban J connectivity index is 1.97. The van der Waals surface area contributed by atoms with Crippen molar-refractivity contribution in [3.05, 3.63) is 41.2 Å². The average molecular weight is 293 g/mol. The molecule has 1 fully saturated rings. The number of amides is 1. The number of likely N-dealkylation sites (N-methyl/N-ethyl adjacent to an activating group) is 1. The maximum Gasteiger partial charge on any atom is 0.260 e. The van der Waals surface area contributed by atoms with Crippen LogP contribution in [0.4, 0.5) is 0 Å². The van der Waals surface area contributed by atoms with E-state index in [4.69, 9.17) is 16.0 Å². The van der Waals surface area contributed by atoms with Crippen LogP contribution in [0.15, 0.2) is 34.9 Å². The largest absolute Gasteiger partial charge is 0.444 e. The lowest BCUT2D eigenvalue weighted by molar-refractivity contribution is -0.143. The van der Waals surface area contributed by atoms with Gasteiger partial charge in [0, 0.05) is 30.6 Å². The van der Waals surface area contributed by atoms with E-state index in [9.17, 15) is 9.90 Å². The minimum absolute atomic E-state index is 0.238. The topological polar surface area (TPSA) is 66.6 Å². The summed E-state index contributed by atoms with van der Waals surface area (Å²) in [6, 6.07) is 7.04. The van der Waals surface area contributed by atoms with Crippen molar-refractivity contribution >= 4 is 17.5 Å². The number of rotatable bonds is 2. The van der Waals surface area contributed by atoms with Crippen LogP contribution in [-0.4, -0.2) is 34.5 Å². The van der Waals surface area contributed by atoms with Gasteiger partial charge in [-0.3, -0.25) is 4.79 Å². The molecule has 6 heteroatoms. The molecule has 1 amide bonds. The van der Waals surface area contributed by atoms with Gasteiger partial charge in [-0.25, -0.2) is 4.98 Å². The minimum atomic E-state index is -1.59. The molecule has 1 saturated heterocycles. The zero-order valence-corrected chi connectivity index (χ0v) is 11.6. The Kier molecular flexibility index (Phi) is 3.03. The number of hydrogen-bond acceptors (Lipinski definition) is 4. The standard InChI is InChI=1S/C14H13ClN2O3/c1-17-6-5-14(19,13(17)18)11-8-20-12(16-11)9-3-2-4-10(15)7-9/h2-4,7-8,19H,5-6H2,1H3. The number of halogens is 1. The Morgan fingerprint density at radius 1 is 1.50 bits per heavy atom. The number of aliphatic hydroxyl groups is 1. The Morgan fingerprint density at radius 3 is 2.95 bits per heavy atom. The van der Waals surface area contributed by atoms with Gasteiger partial charge >= 0.3 is 0 Å². The van der Waals surface area contributed by atoms with Gasteiger partial charge in [-0.1, -0.05) is 17.7 Å². The summed E-state index contributed by atoms with van der Waals surface area (Å²) in [5, 5.41) is 11.0. The molecule has 0 radical (unpaired) electrons. The van der Waals surface area contributed by atoms with E-state index >= 15 is 0 Å². The van der Waals surface area contributed by atoms with Gasteiger partial charge < -0.3 is 14.4 Å². The third kappa shape index (κ3) is 1.99. The highest BCUT2D eigenvalue weighted by Crippen LogP contribution is 2.33. The number of carbonyl (C=O) groups is 1. The second kappa shape index (κ2) is 4.61. The highest BCUT2D eigenvalue weighted by molar-refractivity contribution is 6.30. The van der Waals surface area contributed by atoms with Crippen LogP contribution in [0.5, 0.6) is 0 Å². The van der Waals surface area contributed by atoms with Gasteiger partial charge in [-0.05, 0) is 18.2 Å². The molecule has 0 aliphatic carbocycles. The van der Waals surface area contributed by atoms with Crippen LogP contribution in [0.3, 0.4) is 0 Å². The molecule has 0 bridgehead atoms. The summed E-state index contributed by atoms with van der Waals surface area (Å²) >= 11 is 5.92. The third-order valence-electron chi connectivity index (χ3n) is 3.51. The van der Waals surface area contributed by atoms with Crippen LogP contribution < -0.4 is 0 Å².